The standard InChI is InChI=1S/C13H19N3OS/c1-10-14-5-2-12(15-10)16-11-3-6-17-13(8-11)4-7-18-9-13/h2,5,11H,3-4,6-9H2,1H3,(H,14,15,16)/t11-,13-/m0/s1. The van der Waals surface area contributed by atoms with E-state index in [4.69, 9.17) is 4.74 Å². The third-order valence-electron chi connectivity index (χ3n) is 3.69. The van der Waals surface area contributed by atoms with Crippen LogP contribution in [0.4, 0.5) is 5.82 Å². The van der Waals surface area contributed by atoms with Crippen molar-refractivity contribution in [3.05, 3.63) is 18.1 Å². The average molecular weight is 265 g/mol. The molecule has 18 heavy (non-hydrogen) atoms. The molecule has 0 amide bonds. The van der Waals surface area contributed by atoms with E-state index in [9.17, 15) is 0 Å². The summed E-state index contributed by atoms with van der Waals surface area (Å²) in [5.74, 6) is 4.14. The van der Waals surface area contributed by atoms with Gasteiger partial charge in [-0.25, -0.2) is 9.97 Å². The molecular weight excluding hydrogens is 246 g/mol. The smallest absolute Gasteiger partial charge is 0.129 e. The van der Waals surface area contributed by atoms with Gasteiger partial charge in [-0.15, -0.1) is 0 Å². The summed E-state index contributed by atoms with van der Waals surface area (Å²) in [7, 11) is 0. The Morgan fingerprint density at radius 3 is 3.28 bits per heavy atom. The molecule has 0 aromatic carbocycles. The van der Waals surface area contributed by atoms with Crippen molar-refractivity contribution in [3.63, 3.8) is 0 Å². The molecule has 98 valence electrons. The predicted octanol–water partition coefficient (Wildman–Crippen LogP) is 2.25. The maximum atomic E-state index is 6.02. The monoisotopic (exact) mass is 265 g/mol. The molecule has 2 aliphatic rings. The quantitative estimate of drug-likeness (QED) is 0.888. The van der Waals surface area contributed by atoms with E-state index in [0.717, 1.165) is 36.8 Å². The van der Waals surface area contributed by atoms with Gasteiger partial charge < -0.3 is 10.1 Å². The fraction of sp³-hybridized carbons (Fsp3) is 0.692. The van der Waals surface area contributed by atoms with Gasteiger partial charge in [0.05, 0.1) is 5.60 Å². The Labute approximate surface area is 112 Å². The Hall–Kier alpha value is -0.810. The SMILES string of the molecule is Cc1nccc(N[C@H]2CCO[C@@]3(CCSC3)C2)n1. The maximum Gasteiger partial charge on any atom is 0.129 e. The van der Waals surface area contributed by atoms with E-state index < -0.39 is 0 Å². The molecule has 4 nitrogen and oxygen atoms in total. The van der Waals surface area contributed by atoms with Crippen molar-refractivity contribution < 1.29 is 4.74 Å². The van der Waals surface area contributed by atoms with Crippen molar-refractivity contribution in [2.24, 2.45) is 0 Å². The van der Waals surface area contributed by atoms with Crippen LogP contribution >= 0.6 is 11.8 Å². The third kappa shape index (κ3) is 2.62. The number of aryl methyl sites for hydroxylation is 1. The normalized spacial score (nSPS) is 31.7. The molecule has 3 heterocycles. The second kappa shape index (κ2) is 5.05. The summed E-state index contributed by atoms with van der Waals surface area (Å²) >= 11 is 2.01. The van der Waals surface area contributed by atoms with Crippen molar-refractivity contribution in [3.8, 4) is 0 Å². The zero-order chi connectivity index (χ0) is 12.4. The number of nitrogens with one attached hydrogen (secondary N) is 1. The van der Waals surface area contributed by atoms with E-state index in [1.54, 1.807) is 0 Å². The first kappa shape index (κ1) is 12.2. The highest BCUT2D eigenvalue weighted by atomic mass is 32.2. The highest BCUT2D eigenvalue weighted by Crippen LogP contribution is 2.38. The molecule has 1 aromatic rings. The zero-order valence-corrected chi connectivity index (χ0v) is 11.5. The van der Waals surface area contributed by atoms with Gasteiger partial charge in [0.2, 0.25) is 0 Å². The van der Waals surface area contributed by atoms with Crippen LogP contribution in [0.15, 0.2) is 12.3 Å². The lowest BCUT2D eigenvalue weighted by atomic mass is 9.90. The summed E-state index contributed by atoms with van der Waals surface area (Å²) in [6.45, 7) is 2.78. The summed E-state index contributed by atoms with van der Waals surface area (Å²) in [6, 6.07) is 2.42. The van der Waals surface area contributed by atoms with Gasteiger partial charge in [-0.2, -0.15) is 11.8 Å². The fourth-order valence-corrected chi connectivity index (χ4v) is 4.14. The van der Waals surface area contributed by atoms with E-state index in [0.29, 0.717) is 6.04 Å². The van der Waals surface area contributed by atoms with Gasteiger partial charge >= 0.3 is 0 Å². The van der Waals surface area contributed by atoms with Gasteiger partial charge in [0.25, 0.3) is 0 Å². The van der Waals surface area contributed by atoms with Gasteiger partial charge in [-0.3, -0.25) is 0 Å². The molecule has 0 aliphatic carbocycles. The van der Waals surface area contributed by atoms with Crippen LogP contribution in [0, 0.1) is 6.92 Å². The van der Waals surface area contributed by atoms with Gasteiger partial charge in [0.1, 0.15) is 11.6 Å². The molecule has 1 spiro atoms. The largest absolute Gasteiger partial charge is 0.374 e. The molecule has 0 radical (unpaired) electrons. The highest BCUT2D eigenvalue weighted by Gasteiger charge is 2.40. The lowest BCUT2D eigenvalue weighted by Crippen LogP contribution is -2.44. The molecule has 2 fully saturated rings. The van der Waals surface area contributed by atoms with E-state index in [1.165, 1.54) is 12.2 Å². The molecule has 0 saturated carbocycles. The first-order valence-corrected chi connectivity index (χ1v) is 7.69. The molecule has 0 bridgehead atoms. The first-order valence-electron chi connectivity index (χ1n) is 6.54. The molecule has 2 aliphatic heterocycles. The Morgan fingerprint density at radius 2 is 2.50 bits per heavy atom. The molecule has 3 rings (SSSR count). The number of hydrogen-bond donors (Lipinski definition) is 1. The number of thioether (sulfide) groups is 1. The molecule has 1 aromatic heterocycles. The maximum absolute atomic E-state index is 6.02. The molecule has 2 atom stereocenters. The minimum absolute atomic E-state index is 0.128. The summed E-state index contributed by atoms with van der Waals surface area (Å²) in [4.78, 5) is 8.54. The summed E-state index contributed by atoms with van der Waals surface area (Å²) in [5.41, 5.74) is 0.128. The number of hydrogen-bond acceptors (Lipinski definition) is 5. The predicted molar refractivity (Wildman–Crippen MR) is 74.0 cm³/mol. The number of rotatable bonds is 2. The molecule has 2 saturated heterocycles. The Kier molecular flexibility index (Phi) is 3.43. The third-order valence-corrected chi connectivity index (χ3v) is 4.91. The van der Waals surface area contributed by atoms with Gasteiger partial charge in [-0.05, 0) is 38.0 Å². The molecule has 1 N–H and O–H groups in total. The van der Waals surface area contributed by atoms with Crippen LogP contribution in [0.2, 0.25) is 0 Å². The van der Waals surface area contributed by atoms with Crippen molar-refractivity contribution in [2.75, 3.05) is 23.4 Å². The first-order chi connectivity index (χ1) is 8.76. The highest BCUT2D eigenvalue weighted by molar-refractivity contribution is 7.99. The van der Waals surface area contributed by atoms with Crippen molar-refractivity contribution in [1.29, 1.82) is 0 Å². The lowest BCUT2D eigenvalue weighted by Gasteiger charge is -2.38. The second-order valence-corrected chi connectivity index (χ2v) is 6.26. The van der Waals surface area contributed by atoms with E-state index >= 15 is 0 Å². The van der Waals surface area contributed by atoms with Crippen molar-refractivity contribution in [2.45, 2.75) is 37.8 Å². The summed E-state index contributed by atoms with van der Waals surface area (Å²) < 4.78 is 6.02. The van der Waals surface area contributed by atoms with Crippen molar-refractivity contribution in [1.82, 2.24) is 9.97 Å². The Morgan fingerprint density at radius 1 is 1.56 bits per heavy atom. The van der Waals surface area contributed by atoms with Crippen LogP contribution < -0.4 is 5.32 Å². The zero-order valence-electron chi connectivity index (χ0n) is 10.7. The lowest BCUT2D eigenvalue weighted by molar-refractivity contribution is -0.0628. The number of aromatic nitrogens is 2. The van der Waals surface area contributed by atoms with Gasteiger partial charge in [0.15, 0.2) is 0 Å². The topological polar surface area (TPSA) is 47.0 Å². The van der Waals surface area contributed by atoms with Crippen LogP contribution in [0.3, 0.4) is 0 Å². The van der Waals surface area contributed by atoms with E-state index in [1.807, 2.05) is 30.9 Å². The molecule has 5 heteroatoms. The van der Waals surface area contributed by atoms with Crippen LogP contribution in [0.25, 0.3) is 0 Å². The van der Waals surface area contributed by atoms with E-state index in [2.05, 4.69) is 15.3 Å². The van der Waals surface area contributed by atoms with Crippen LogP contribution in [0.1, 0.15) is 25.1 Å². The second-order valence-electron chi connectivity index (χ2n) is 5.16. The number of ether oxygens (including phenoxy) is 1. The molecular formula is C13H19N3OS. The summed E-state index contributed by atoms with van der Waals surface area (Å²) in [6.07, 6.45) is 5.17. The van der Waals surface area contributed by atoms with Gasteiger partial charge in [-0.1, -0.05) is 0 Å². The van der Waals surface area contributed by atoms with Gasteiger partial charge in [0, 0.05) is 24.6 Å². The van der Waals surface area contributed by atoms with Crippen molar-refractivity contribution >= 4 is 17.6 Å². The minimum atomic E-state index is 0.128. The van der Waals surface area contributed by atoms with Crippen LogP contribution in [-0.4, -0.2) is 39.7 Å². The Balaban J connectivity index is 1.66. The van der Waals surface area contributed by atoms with Crippen LogP contribution in [-0.2, 0) is 4.74 Å². The number of anilines is 1. The summed E-state index contributed by atoms with van der Waals surface area (Å²) in [5, 5.41) is 3.53. The molecule has 0 unspecified atom stereocenters. The van der Waals surface area contributed by atoms with Crippen LogP contribution in [0.5, 0.6) is 0 Å². The fourth-order valence-electron chi connectivity index (χ4n) is 2.76. The minimum Gasteiger partial charge on any atom is -0.374 e. The number of nitrogens with zero attached hydrogens (tertiary/aromatic N) is 2. The average Bonchev–Trinajstić information content (AvgIpc) is 2.77. The Bertz CT molecular complexity index is 420. The van der Waals surface area contributed by atoms with E-state index in [-0.39, 0.29) is 5.60 Å².